The summed E-state index contributed by atoms with van der Waals surface area (Å²) >= 11 is 0. The van der Waals surface area contributed by atoms with Crippen molar-refractivity contribution in [2.24, 2.45) is 5.14 Å². The fraction of sp³-hybridized carbons (Fsp3) is 0.125. The molecule has 0 aliphatic rings. The van der Waals surface area contributed by atoms with E-state index in [1.165, 1.54) is 16.8 Å². The summed E-state index contributed by atoms with van der Waals surface area (Å²) in [6, 6.07) is 21.8. The Morgan fingerprint density at radius 3 is 2.21 bits per heavy atom. The largest absolute Gasteiger partial charge is 0.344 e. The van der Waals surface area contributed by atoms with Gasteiger partial charge in [-0.15, -0.1) is 0 Å². The Hall–Kier alpha value is -3.82. The van der Waals surface area contributed by atoms with Crippen molar-refractivity contribution in [1.82, 2.24) is 15.1 Å². The van der Waals surface area contributed by atoms with Gasteiger partial charge in [-0.2, -0.15) is 5.10 Å². The molecule has 0 aliphatic carbocycles. The number of primary sulfonamides is 1. The average molecular weight is 463 g/mol. The molecule has 3 N–H and O–H groups in total. The van der Waals surface area contributed by atoms with E-state index in [1.54, 1.807) is 43.3 Å². The lowest BCUT2D eigenvalue weighted by molar-refractivity contribution is 0.0934. The average Bonchev–Trinajstić information content (AvgIpc) is 2.81. The van der Waals surface area contributed by atoms with Crippen LogP contribution in [-0.2, 0) is 16.6 Å². The molecule has 0 spiro atoms. The summed E-state index contributed by atoms with van der Waals surface area (Å²) < 4.78 is 24.2. The highest BCUT2D eigenvalue weighted by Gasteiger charge is 2.19. The molecule has 3 aromatic carbocycles. The van der Waals surface area contributed by atoms with Crippen LogP contribution in [0.3, 0.4) is 0 Å². The third-order valence-electron chi connectivity index (χ3n) is 5.31. The summed E-state index contributed by atoms with van der Waals surface area (Å²) in [5, 5.41) is 13.3. The monoisotopic (exact) mass is 462 g/mol. The maximum atomic E-state index is 13.2. The van der Waals surface area contributed by atoms with Gasteiger partial charge in [0, 0.05) is 5.39 Å². The number of fused-ring (bicyclic) bond motifs is 1. The second-order valence-electron chi connectivity index (χ2n) is 7.65. The Morgan fingerprint density at radius 1 is 0.970 bits per heavy atom. The summed E-state index contributed by atoms with van der Waals surface area (Å²) in [5.74, 6) is -0.448. The topological polar surface area (TPSA) is 124 Å². The van der Waals surface area contributed by atoms with Gasteiger partial charge in [0.25, 0.3) is 11.5 Å². The van der Waals surface area contributed by atoms with Gasteiger partial charge < -0.3 is 5.32 Å². The number of sulfonamides is 1. The first-order valence-electron chi connectivity index (χ1n) is 10.2. The van der Waals surface area contributed by atoms with E-state index < -0.39 is 22.0 Å². The van der Waals surface area contributed by atoms with E-state index in [9.17, 15) is 18.0 Å². The molecule has 0 aliphatic heterocycles. The fourth-order valence-corrected chi connectivity index (χ4v) is 4.08. The molecule has 8 nitrogen and oxygen atoms in total. The van der Waals surface area contributed by atoms with Crippen molar-refractivity contribution >= 4 is 26.7 Å². The number of nitrogens with one attached hydrogen (secondary N) is 1. The molecule has 1 heterocycles. The summed E-state index contributed by atoms with van der Waals surface area (Å²) in [5.41, 5.74) is 1.43. The lowest BCUT2D eigenvalue weighted by Gasteiger charge is -2.16. The van der Waals surface area contributed by atoms with E-state index in [1.807, 2.05) is 30.3 Å². The zero-order chi connectivity index (χ0) is 23.6. The number of nitrogens with zero attached hydrogens (tertiary/aromatic N) is 2. The minimum absolute atomic E-state index is 0.00887. The Morgan fingerprint density at radius 2 is 1.58 bits per heavy atom. The van der Waals surface area contributed by atoms with Crippen LogP contribution in [0.5, 0.6) is 0 Å². The third kappa shape index (κ3) is 4.84. The van der Waals surface area contributed by atoms with E-state index in [-0.39, 0.29) is 22.7 Å². The van der Waals surface area contributed by atoms with Crippen LogP contribution in [0.4, 0.5) is 0 Å². The number of carbonyl (C=O) groups excluding carboxylic acids is 1. The molecule has 1 amide bonds. The van der Waals surface area contributed by atoms with Crippen LogP contribution >= 0.6 is 0 Å². The molecule has 9 heteroatoms. The fourth-order valence-electron chi connectivity index (χ4n) is 3.56. The van der Waals surface area contributed by atoms with E-state index in [4.69, 9.17) is 5.14 Å². The van der Waals surface area contributed by atoms with Crippen LogP contribution in [0.15, 0.2) is 88.6 Å². The maximum absolute atomic E-state index is 13.2. The van der Waals surface area contributed by atoms with Gasteiger partial charge in [-0.1, -0.05) is 60.7 Å². The van der Waals surface area contributed by atoms with Crippen molar-refractivity contribution in [2.45, 2.75) is 24.4 Å². The van der Waals surface area contributed by atoms with E-state index >= 15 is 0 Å². The van der Waals surface area contributed by atoms with Crippen LogP contribution in [0, 0.1) is 0 Å². The standard InChI is InChI=1S/C24H22N4O4S/c1-16(18-11-13-19(14-12-18)33(25,31)32)26-23(29)22-20-9-5-6-10-21(20)24(30)28(27-22)15-17-7-3-2-4-8-17/h2-14,16H,15H2,1H3,(H,26,29)(H2,25,31,32)/t16-/m0/s1. The Kier molecular flexibility index (Phi) is 6.08. The van der Waals surface area contributed by atoms with Crippen molar-refractivity contribution in [3.8, 4) is 0 Å². The van der Waals surface area contributed by atoms with Crippen molar-refractivity contribution in [3.63, 3.8) is 0 Å². The predicted molar refractivity (Wildman–Crippen MR) is 125 cm³/mol. The van der Waals surface area contributed by atoms with Gasteiger partial charge >= 0.3 is 0 Å². The highest BCUT2D eigenvalue weighted by molar-refractivity contribution is 7.89. The normalized spacial score (nSPS) is 12.4. The predicted octanol–water partition coefficient (Wildman–Crippen LogP) is 2.58. The number of carbonyl (C=O) groups is 1. The van der Waals surface area contributed by atoms with Gasteiger partial charge in [-0.3, -0.25) is 9.59 Å². The van der Waals surface area contributed by atoms with Crippen LogP contribution in [0.25, 0.3) is 10.8 Å². The molecule has 33 heavy (non-hydrogen) atoms. The Bertz CT molecular complexity index is 1480. The summed E-state index contributed by atoms with van der Waals surface area (Å²) in [6.07, 6.45) is 0. The van der Waals surface area contributed by atoms with Crippen molar-refractivity contribution in [2.75, 3.05) is 0 Å². The molecular formula is C24H22N4O4S. The number of aromatic nitrogens is 2. The van der Waals surface area contributed by atoms with Crippen LogP contribution in [-0.4, -0.2) is 24.1 Å². The highest BCUT2D eigenvalue weighted by atomic mass is 32.2. The molecule has 1 aromatic heterocycles. The molecule has 0 radical (unpaired) electrons. The highest BCUT2D eigenvalue weighted by Crippen LogP contribution is 2.18. The van der Waals surface area contributed by atoms with Crippen LogP contribution in [0.1, 0.15) is 34.6 Å². The van der Waals surface area contributed by atoms with Crippen molar-refractivity contribution < 1.29 is 13.2 Å². The SMILES string of the molecule is C[C@H](NC(=O)c1nn(Cc2ccccc2)c(=O)c2ccccc12)c1ccc(S(N)(=O)=O)cc1. The minimum atomic E-state index is -3.80. The summed E-state index contributed by atoms with van der Waals surface area (Å²) in [7, 11) is -3.80. The molecule has 168 valence electrons. The second-order valence-corrected chi connectivity index (χ2v) is 9.21. The van der Waals surface area contributed by atoms with Crippen LogP contribution < -0.4 is 16.0 Å². The van der Waals surface area contributed by atoms with E-state index in [0.29, 0.717) is 16.3 Å². The molecular weight excluding hydrogens is 440 g/mol. The van der Waals surface area contributed by atoms with Crippen LogP contribution in [0.2, 0.25) is 0 Å². The molecule has 4 aromatic rings. The van der Waals surface area contributed by atoms with Gasteiger partial charge in [-0.25, -0.2) is 18.2 Å². The lowest BCUT2D eigenvalue weighted by Crippen LogP contribution is -2.32. The minimum Gasteiger partial charge on any atom is -0.344 e. The van der Waals surface area contributed by atoms with Gasteiger partial charge in [0.1, 0.15) is 0 Å². The number of nitrogens with two attached hydrogens (primary N) is 1. The molecule has 4 rings (SSSR count). The van der Waals surface area contributed by atoms with Gasteiger partial charge in [0.15, 0.2) is 5.69 Å². The lowest BCUT2D eigenvalue weighted by atomic mass is 10.1. The number of amides is 1. The van der Waals surface area contributed by atoms with E-state index in [0.717, 1.165) is 5.56 Å². The molecule has 1 atom stereocenters. The summed E-state index contributed by atoms with van der Waals surface area (Å²) in [4.78, 5) is 26.1. The second kappa shape index (κ2) is 8.97. The quantitative estimate of drug-likeness (QED) is 0.456. The first kappa shape index (κ1) is 22.4. The first-order chi connectivity index (χ1) is 15.7. The Labute approximate surface area is 190 Å². The molecule has 0 fully saturated rings. The van der Waals surface area contributed by atoms with Crippen molar-refractivity contribution in [1.29, 1.82) is 0 Å². The van der Waals surface area contributed by atoms with E-state index in [2.05, 4.69) is 10.4 Å². The zero-order valence-electron chi connectivity index (χ0n) is 17.8. The molecule has 0 saturated heterocycles. The first-order valence-corrected chi connectivity index (χ1v) is 11.8. The summed E-state index contributed by atoms with van der Waals surface area (Å²) in [6.45, 7) is 2.00. The number of hydrogen-bond acceptors (Lipinski definition) is 5. The van der Waals surface area contributed by atoms with Gasteiger partial charge in [0.2, 0.25) is 10.0 Å². The maximum Gasteiger partial charge on any atom is 0.274 e. The number of hydrogen-bond donors (Lipinski definition) is 2. The molecule has 0 bridgehead atoms. The zero-order valence-corrected chi connectivity index (χ0v) is 18.6. The third-order valence-corrected chi connectivity index (χ3v) is 6.24. The molecule has 0 saturated carbocycles. The number of rotatable bonds is 6. The molecule has 0 unspecified atom stereocenters. The smallest absolute Gasteiger partial charge is 0.274 e. The van der Waals surface area contributed by atoms with Gasteiger partial charge in [-0.05, 0) is 36.2 Å². The van der Waals surface area contributed by atoms with Crippen molar-refractivity contribution in [3.05, 3.63) is 106 Å². The van der Waals surface area contributed by atoms with Gasteiger partial charge in [0.05, 0.1) is 22.9 Å². The Balaban J connectivity index is 1.67. The number of benzene rings is 3.